The number of fused-ring (bicyclic) bond motifs is 1. The van der Waals surface area contributed by atoms with Gasteiger partial charge in [-0.2, -0.15) is 0 Å². The smallest absolute Gasteiger partial charge is 0.331 e. The molecule has 0 bridgehead atoms. The highest BCUT2D eigenvalue weighted by molar-refractivity contribution is 9.10. The molecule has 3 rings (SSSR count). The van der Waals surface area contributed by atoms with Crippen LogP contribution in [0.3, 0.4) is 0 Å². The van der Waals surface area contributed by atoms with Crippen LogP contribution >= 0.6 is 15.9 Å². The van der Waals surface area contributed by atoms with Gasteiger partial charge in [0.05, 0.1) is 12.2 Å². The molecular formula is C14H13BrN2O4. The van der Waals surface area contributed by atoms with Crippen molar-refractivity contribution in [3.05, 3.63) is 34.4 Å². The Hall–Kier alpha value is -1.86. The summed E-state index contributed by atoms with van der Waals surface area (Å²) in [6, 6.07) is 5.54. The number of H-pyrrole nitrogens is 1. The van der Waals surface area contributed by atoms with Crippen molar-refractivity contribution in [1.29, 1.82) is 0 Å². The third kappa shape index (κ3) is 2.32. The molecule has 1 atom stereocenters. The van der Waals surface area contributed by atoms with E-state index in [-0.39, 0.29) is 13.0 Å². The number of aromatic amines is 1. The third-order valence-electron chi connectivity index (χ3n) is 3.68. The fourth-order valence-electron chi connectivity index (χ4n) is 2.49. The number of aliphatic carboxylic acids is 1. The highest BCUT2D eigenvalue weighted by Crippen LogP contribution is 2.28. The van der Waals surface area contributed by atoms with Gasteiger partial charge >= 0.3 is 5.97 Å². The molecule has 1 fully saturated rings. The molecule has 7 heteroatoms. The maximum Gasteiger partial charge on any atom is 0.331 e. The number of carboxylic acids is 1. The molecule has 0 aliphatic carbocycles. The van der Waals surface area contributed by atoms with Gasteiger partial charge in [-0.05, 0) is 12.1 Å². The van der Waals surface area contributed by atoms with E-state index in [9.17, 15) is 14.7 Å². The Morgan fingerprint density at radius 2 is 2.24 bits per heavy atom. The van der Waals surface area contributed by atoms with Crippen molar-refractivity contribution in [2.24, 2.45) is 0 Å². The maximum atomic E-state index is 12.5. The summed E-state index contributed by atoms with van der Waals surface area (Å²) in [7, 11) is 0. The number of carbonyl (C=O) groups excluding carboxylic acids is 1. The van der Waals surface area contributed by atoms with Crippen molar-refractivity contribution in [2.45, 2.75) is 12.0 Å². The first-order chi connectivity index (χ1) is 10.0. The summed E-state index contributed by atoms with van der Waals surface area (Å²) in [5, 5.41) is 12.7. The second kappa shape index (κ2) is 5.16. The van der Waals surface area contributed by atoms with Crippen molar-refractivity contribution >= 4 is 38.7 Å². The third-order valence-corrected chi connectivity index (χ3v) is 4.34. The van der Waals surface area contributed by atoms with E-state index in [1.807, 2.05) is 18.2 Å². The summed E-state index contributed by atoms with van der Waals surface area (Å²) in [5.41, 5.74) is -0.131. The molecule has 2 aromatic rings. The number of aromatic nitrogens is 1. The lowest BCUT2D eigenvalue weighted by Gasteiger charge is -2.23. The molecule has 6 nitrogen and oxygen atoms in total. The van der Waals surface area contributed by atoms with E-state index in [2.05, 4.69) is 26.2 Å². The molecule has 1 aromatic heterocycles. The quantitative estimate of drug-likeness (QED) is 0.786. The molecule has 1 unspecified atom stereocenters. The van der Waals surface area contributed by atoms with E-state index in [1.165, 1.54) is 0 Å². The molecule has 1 aliphatic heterocycles. The van der Waals surface area contributed by atoms with Crippen LogP contribution in [0.5, 0.6) is 0 Å². The Morgan fingerprint density at radius 1 is 1.43 bits per heavy atom. The summed E-state index contributed by atoms with van der Waals surface area (Å²) in [6.07, 6.45) is 1.84. The normalized spacial score (nSPS) is 21.6. The second-order valence-electron chi connectivity index (χ2n) is 5.01. The number of benzene rings is 1. The van der Waals surface area contributed by atoms with E-state index in [4.69, 9.17) is 4.74 Å². The topological polar surface area (TPSA) is 91.4 Å². The van der Waals surface area contributed by atoms with Gasteiger partial charge in [0.25, 0.3) is 5.91 Å². The van der Waals surface area contributed by atoms with E-state index >= 15 is 0 Å². The molecule has 0 spiro atoms. The monoisotopic (exact) mass is 352 g/mol. The first-order valence-corrected chi connectivity index (χ1v) is 7.22. The second-order valence-corrected chi connectivity index (χ2v) is 5.86. The van der Waals surface area contributed by atoms with Gasteiger partial charge in [0.2, 0.25) is 0 Å². The predicted molar refractivity (Wildman–Crippen MR) is 79.3 cm³/mol. The van der Waals surface area contributed by atoms with Gasteiger partial charge in [0.15, 0.2) is 5.54 Å². The highest BCUT2D eigenvalue weighted by Gasteiger charge is 2.44. The molecular weight excluding hydrogens is 340 g/mol. The van der Waals surface area contributed by atoms with Crippen molar-refractivity contribution in [1.82, 2.24) is 10.3 Å². The van der Waals surface area contributed by atoms with Crippen molar-refractivity contribution in [3.8, 4) is 0 Å². The summed E-state index contributed by atoms with van der Waals surface area (Å²) >= 11 is 3.41. The number of nitrogens with one attached hydrogen (secondary N) is 2. The van der Waals surface area contributed by atoms with Crippen LogP contribution in [0.4, 0.5) is 0 Å². The zero-order valence-electron chi connectivity index (χ0n) is 11.0. The van der Waals surface area contributed by atoms with Crippen LogP contribution in [0.1, 0.15) is 16.8 Å². The molecule has 1 aliphatic rings. The summed E-state index contributed by atoms with van der Waals surface area (Å²) in [4.78, 5) is 26.9. The van der Waals surface area contributed by atoms with Crippen LogP contribution in [0.15, 0.2) is 28.9 Å². The number of halogens is 1. The lowest BCUT2D eigenvalue weighted by molar-refractivity contribution is -0.144. The van der Waals surface area contributed by atoms with Crippen molar-refractivity contribution < 1.29 is 19.4 Å². The van der Waals surface area contributed by atoms with Gasteiger partial charge in [-0.25, -0.2) is 4.79 Å². The number of hydrogen-bond donors (Lipinski definition) is 3. The summed E-state index contributed by atoms with van der Waals surface area (Å²) in [6.45, 7) is 0.307. The van der Waals surface area contributed by atoms with E-state index in [0.717, 1.165) is 15.4 Å². The summed E-state index contributed by atoms with van der Waals surface area (Å²) in [5.74, 6) is -1.51. The van der Waals surface area contributed by atoms with Gasteiger partial charge in [-0.3, -0.25) is 4.79 Å². The first-order valence-electron chi connectivity index (χ1n) is 6.43. The van der Waals surface area contributed by atoms with E-state index < -0.39 is 17.4 Å². The van der Waals surface area contributed by atoms with Gasteiger partial charge < -0.3 is 20.1 Å². The number of ether oxygens (including phenoxy) is 1. The Kier molecular flexibility index (Phi) is 3.46. The van der Waals surface area contributed by atoms with E-state index in [0.29, 0.717) is 12.2 Å². The van der Waals surface area contributed by atoms with Crippen LogP contribution < -0.4 is 5.32 Å². The molecule has 2 heterocycles. The Labute approximate surface area is 128 Å². The molecule has 1 aromatic carbocycles. The van der Waals surface area contributed by atoms with Gasteiger partial charge in [0.1, 0.15) is 0 Å². The van der Waals surface area contributed by atoms with Crippen LogP contribution in [0.25, 0.3) is 10.9 Å². The average molecular weight is 353 g/mol. The first kappa shape index (κ1) is 14.1. The predicted octanol–water partition coefficient (Wildman–Crippen LogP) is 1.90. The number of rotatable bonds is 3. The van der Waals surface area contributed by atoms with Gasteiger partial charge in [-0.15, -0.1) is 0 Å². The Balaban J connectivity index is 1.96. The van der Waals surface area contributed by atoms with Crippen LogP contribution in [0, 0.1) is 0 Å². The van der Waals surface area contributed by atoms with Crippen LogP contribution in [0.2, 0.25) is 0 Å². The Morgan fingerprint density at radius 3 is 2.90 bits per heavy atom. The summed E-state index contributed by atoms with van der Waals surface area (Å²) < 4.78 is 5.91. The number of carbonyl (C=O) groups is 2. The van der Waals surface area contributed by atoms with Crippen LogP contribution in [-0.2, 0) is 9.53 Å². The fourth-order valence-corrected chi connectivity index (χ4v) is 3.07. The zero-order valence-corrected chi connectivity index (χ0v) is 12.6. The molecule has 1 saturated heterocycles. The lowest BCUT2D eigenvalue weighted by atomic mass is 9.98. The molecule has 0 radical (unpaired) electrons. The molecule has 3 N–H and O–H groups in total. The van der Waals surface area contributed by atoms with Gasteiger partial charge in [0, 0.05) is 34.6 Å². The van der Waals surface area contributed by atoms with Crippen molar-refractivity contribution in [2.75, 3.05) is 13.2 Å². The molecule has 21 heavy (non-hydrogen) atoms. The maximum absolute atomic E-state index is 12.5. The highest BCUT2D eigenvalue weighted by atomic mass is 79.9. The molecule has 0 saturated carbocycles. The van der Waals surface area contributed by atoms with Crippen LogP contribution in [-0.4, -0.2) is 40.7 Å². The number of amides is 1. The standard InChI is InChI=1S/C14H13BrN2O4/c15-9-2-1-3-10-11(9)8(6-16-10)12(18)17-14(13(19)20)4-5-21-7-14/h1-3,6,16H,4-5,7H2,(H,17,18)(H,19,20). The minimum atomic E-state index is -1.35. The molecule has 110 valence electrons. The minimum Gasteiger partial charge on any atom is -0.479 e. The van der Waals surface area contributed by atoms with Gasteiger partial charge in [-0.1, -0.05) is 22.0 Å². The van der Waals surface area contributed by atoms with Crippen molar-refractivity contribution in [3.63, 3.8) is 0 Å². The fraction of sp³-hybridized carbons (Fsp3) is 0.286. The SMILES string of the molecule is O=C(NC1(C(=O)O)CCOC1)c1c[nH]c2cccc(Br)c12. The average Bonchev–Trinajstić information content (AvgIpc) is 3.06. The minimum absolute atomic E-state index is 0.0163. The number of hydrogen-bond acceptors (Lipinski definition) is 3. The number of carboxylic acid groups (broad SMARTS) is 1. The van der Waals surface area contributed by atoms with E-state index in [1.54, 1.807) is 6.20 Å². The largest absolute Gasteiger partial charge is 0.479 e. The zero-order chi connectivity index (χ0) is 15.0. The molecule has 1 amide bonds. The lowest BCUT2D eigenvalue weighted by Crippen LogP contribution is -2.55. The Bertz CT molecular complexity index is 719.